The lowest BCUT2D eigenvalue weighted by atomic mass is 9.95. The fourth-order valence-corrected chi connectivity index (χ4v) is 2.39. The van der Waals surface area contributed by atoms with Gasteiger partial charge in [-0.3, -0.25) is 4.79 Å². The van der Waals surface area contributed by atoms with Gasteiger partial charge in [0.1, 0.15) is 17.3 Å². The van der Waals surface area contributed by atoms with E-state index >= 15 is 0 Å². The van der Waals surface area contributed by atoms with E-state index in [1.807, 2.05) is 31.2 Å². The van der Waals surface area contributed by atoms with Crippen LogP contribution in [-0.2, 0) is 4.79 Å². The number of carbonyl (C=O) groups is 1. The maximum atomic E-state index is 13.5. The lowest BCUT2D eigenvalue weighted by molar-refractivity contribution is -0.139. The van der Waals surface area contributed by atoms with E-state index in [1.165, 1.54) is 25.3 Å². The van der Waals surface area contributed by atoms with Gasteiger partial charge >= 0.3 is 5.97 Å². The number of aliphatic carboxylic acids is 1. The van der Waals surface area contributed by atoms with Gasteiger partial charge in [0.05, 0.1) is 19.6 Å². The summed E-state index contributed by atoms with van der Waals surface area (Å²) < 4.78 is 24.2. The van der Waals surface area contributed by atoms with Crippen molar-refractivity contribution in [3.05, 3.63) is 59.4 Å². The fourth-order valence-electron chi connectivity index (χ4n) is 2.39. The van der Waals surface area contributed by atoms with Gasteiger partial charge in [0.15, 0.2) is 0 Å². The van der Waals surface area contributed by atoms with E-state index in [-0.39, 0.29) is 13.0 Å². The second-order valence-corrected chi connectivity index (χ2v) is 5.23. The Labute approximate surface area is 134 Å². The van der Waals surface area contributed by atoms with Gasteiger partial charge < -0.3 is 14.6 Å². The molecule has 1 unspecified atom stereocenters. The molecule has 2 rings (SSSR count). The number of aryl methyl sites for hydroxylation is 1. The summed E-state index contributed by atoms with van der Waals surface area (Å²) in [5.74, 6) is -1.39. The van der Waals surface area contributed by atoms with E-state index < -0.39 is 17.7 Å². The fraction of sp³-hybridized carbons (Fsp3) is 0.278. The molecule has 5 heteroatoms. The summed E-state index contributed by atoms with van der Waals surface area (Å²) in [6, 6.07) is 11.4. The molecule has 0 fully saturated rings. The summed E-state index contributed by atoms with van der Waals surface area (Å²) in [5.41, 5.74) is 1.37. The first-order valence-electron chi connectivity index (χ1n) is 7.27. The molecule has 0 aromatic heterocycles. The number of halogens is 1. The van der Waals surface area contributed by atoms with Gasteiger partial charge in [-0.15, -0.1) is 0 Å². The van der Waals surface area contributed by atoms with Gasteiger partial charge in [-0.05, 0) is 49.2 Å². The third-order valence-corrected chi connectivity index (χ3v) is 3.53. The topological polar surface area (TPSA) is 55.8 Å². The highest BCUT2D eigenvalue weighted by atomic mass is 19.1. The standard InChI is InChI=1S/C18H19FO4/c1-12-4-3-5-14(10-12)23-9-8-15(18(20)21)16-11-13(19)6-7-17(16)22-2/h3-7,10-11,15H,8-9H2,1-2H3,(H,20,21). The van der Waals surface area contributed by atoms with E-state index in [0.717, 1.165) is 5.56 Å². The highest BCUT2D eigenvalue weighted by Gasteiger charge is 2.24. The molecule has 0 aliphatic rings. The summed E-state index contributed by atoms with van der Waals surface area (Å²) in [6.07, 6.45) is 0.211. The second-order valence-electron chi connectivity index (χ2n) is 5.23. The number of carboxylic acid groups (broad SMARTS) is 1. The van der Waals surface area contributed by atoms with Crippen LogP contribution in [0.5, 0.6) is 11.5 Å². The van der Waals surface area contributed by atoms with E-state index in [0.29, 0.717) is 17.1 Å². The number of rotatable bonds is 7. The van der Waals surface area contributed by atoms with Gasteiger partial charge in [-0.1, -0.05) is 12.1 Å². The smallest absolute Gasteiger partial charge is 0.311 e. The van der Waals surface area contributed by atoms with E-state index in [1.54, 1.807) is 0 Å². The van der Waals surface area contributed by atoms with Crippen LogP contribution in [0.1, 0.15) is 23.5 Å². The van der Waals surface area contributed by atoms with E-state index in [2.05, 4.69) is 0 Å². The van der Waals surface area contributed by atoms with Crippen molar-refractivity contribution in [3.8, 4) is 11.5 Å². The van der Waals surface area contributed by atoms with Crippen molar-refractivity contribution in [2.45, 2.75) is 19.3 Å². The normalized spacial score (nSPS) is 11.8. The predicted molar refractivity (Wildman–Crippen MR) is 84.6 cm³/mol. The number of methoxy groups -OCH3 is 1. The molecule has 122 valence electrons. The summed E-state index contributed by atoms with van der Waals surface area (Å²) in [5, 5.41) is 9.45. The Morgan fingerprint density at radius 3 is 2.70 bits per heavy atom. The Balaban J connectivity index is 2.10. The number of hydrogen-bond donors (Lipinski definition) is 1. The van der Waals surface area contributed by atoms with Crippen LogP contribution >= 0.6 is 0 Å². The highest BCUT2D eigenvalue weighted by Crippen LogP contribution is 2.30. The van der Waals surface area contributed by atoms with Crippen molar-refractivity contribution in [1.82, 2.24) is 0 Å². The zero-order valence-corrected chi connectivity index (χ0v) is 13.1. The molecule has 0 amide bonds. The van der Waals surface area contributed by atoms with Gasteiger partial charge in [0.25, 0.3) is 0 Å². The summed E-state index contributed by atoms with van der Waals surface area (Å²) in [6.45, 7) is 2.16. The third-order valence-electron chi connectivity index (χ3n) is 3.53. The Bertz CT molecular complexity index is 684. The molecule has 0 aliphatic heterocycles. The molecular formula is C18H19FO4. The molecule has 0 saturated heterocycles. The van der Waals surface area contributed by atoms with Crippen LogP contribution in [0.25, 0.3) is 0 Å². The van der Waals surface area contributed by atoms with Crippen molar-refractivity contribution in [3.63, 3.8) is 0 Å². The monoisotopic (exact) mass is 318 g/mol. The first kappa shape index (κ1) is 16.8. The number of hydrogen-bond acceptors (Lipinski definition) is 3. The quantitative estimate of drug-likeness (QED) is 0.844. The largest absolute Gasteiger partial charge is 0.496 e. The van der Waals surface area contributed by atoms with Crippen LogP contribution in [0.4, 0.5) is 4.39 Å². The molecule has 0 aliphatic carbocycles. The zero-order chi connectivity index (χ0) is 16.8. The van der Waals surface area contributed by atoms with Gasteiger partial charge in [0.2, 0.25) is 0 Å². The lowest BCUT2D eigenvalue weighted by Crippen LogP contribution is -2.16. The molecule has 0 spiro atoms. The minimum atomic E-state index is -1.04. The molecule has 0 heterocycles. The molecule has 2 aromatic rings. The van der Waals surface area contributed by atoms with Gasteiger partial charge in [-0.25, -0.2) is 4.39 Å². The minimum Gasteiger partial charge on any atom is -0.496 e. The van der Waals surface area contributed by atoms with E-state index in [9.17, 15) is 14.3 Å². The molecule has 0 radical (unpaired) electrons. The van der Waals surface area contributed by atoms with Crippen molar-refractivity contribution in [2.75, 3.05) is 13.7 Å². The number of carboxylic acids is 1. The highest BCUT2D eigenvalue weighted by molar-refractivity contribution is 5.77. The first-order chi connectivity index (χ1) is 11.0. The zero-order valence-electron chi connectivity index (χ0n) is 13.1. The SMILES string of the molecule is COc1ccc(F)cc1C(CCOc1cccc(C)c1)C(=O)O. The van der Waals surface area contributed by atoms with Gasteiger partial charge in [0, 0.05) is 5.56 Å². The van der Waals surface area contributed by atoms with Crippen molar-refractivity contribution < 1.29 is 23.8 Å². The lowest BCUT2D eigenvalue weighted by Gasteiger charge is -2.16. The summed E-state index contributed by atoms with van der Waals surface area (Å²) >= 11 is 0. The Kier molecular flexibility index (Phi) is 5.57. The van der Waals surface area contributed by atoms with Crippen LogP contribution in [0.3, 0.4) is 0 Å². The van der Waals surface area contributed by atoms with Crippen molar-refractivity contribution >= 4 is 5.97 Å². The summed E-state index contributed by atoms with van der Waals surface area (Å²) in [7, 11) is 1.43. The Morgan fingerprint density at radius 1 is 1.26 bits per heavy atom. The molecule has 0 bridgehead atoms. The molecule has 2 aromatic carbocycles. The van der Waals surface area contributed by atoms with Crippen molar-refractivity contribution in [1.29, 1.82) is 0 Å². The Hall–Kier alpha value is -2.56. The molecule has 1 atom stereocenters. The number of ether oxygens (including phenoxy) is 2. The predicted octanol–water partition coefficient (Wildman–Crippen LogP) is 3.78. The maximum absolute atomic E-state index is 13.5. The van der Waals surface area contributed by atoms with Crippen LogP contribution in [-0.4, -0.2) is 24.8 Å². The molecule has 23 heavy (non-hydrogen) atoms. The van der Waals surface area contributed by atoms with Crippen LogP contribution in [0.2, 0.25) is 0 Å². The maximum Gasteiger partial charge on any atom is 0.311 e. The van der Waals surface area contributed by atoms with Crippen LogP contribution in [0.15, 0.2) is 42.5 Å². The molecular weight excluding hydrogens is 299 g/mol. The van der Waals surface area contributed by atoms with Crippen LogP contribution < -0.4 is 9.47 Å². The molecule has 1 N–H and O–H groups in total. The second kappa shape index (κ2) is 7.63. The average molecular weight is 318 g/mol. The van der Waals surface area contributed by atoms with Crippen molar-refractivity contribution in [2.24, 2.45) is 0 Å². The van der Waals surface area contributed by atoms with Gasteiger partial charge in [-0.2, -0.15) is 0 Å². The number of benzene rings is 2. The Morgan fingerprint density at radius 2 is 2.04 bits per heavy atom. The van der Waals surface area contributed by atoms with Crippen LogP contribution in [0, 0.1) is 12.7 Å². The molecule has 0 saturated carbocycles. The summed E-state index contributed by atoms with van der Waals surface area (Å²) in [4.78, 5) is 11.5. The molecule has 4 nitrogen and oxygen atoms in total. The average Bonchev–Trinajstić information content (AvgIpc) is 2.51. The minimum absolute atomic E-state index is 0.208. The first-order valence-corrected chi connectivity index (χ1v) is 7.27. The van der Waals surface area contributed by atoms with E-state index in [4.69, 9.17) is 9.47 Å². The third kappa shape index (κ3) is 4.45.